The van der Waals surface area contributed by atoms with E-state index in [1.165, 1.54) is 0 Å². The molecule has 0 radical (unpaired) electrons. The number of rotatable bonds is 5. The van der Waals surface area contributed by atoms with E-state index in [0.717, 1.165) is 6.92 Å². The van der Waals surface area contributed by atoms with Crippen molar-refractivity contribution < 1.29 is 23.2 Å². The topological polar surface area (TPSA) is 51.2 Å². The van der Waals surface area contributed by atoms with Crippen molar-refractivity contribution >= 4 is 17.3 Å². The quantitative estimate of drug-likeness (QED) is 0.568. The molecule has 0 aliphatic heterocycles. The van der Waals surface area contributed by atoms with Crippen molar-refractivity contribution in [2.45, 2.75) is 6.92 Å². The minimum absolute atomic E-state index is 0.819. The molecule has 0 fully saturated rings. The summed E-state index contributed by atoms with van der Waals surface area (Å²) in [5, 5.41) is 0. The summed E-state index contributed by atoms with van der Waals surface area (Å²) in [6.45, 7) is -1.89. The number of carbonyl (C=O) groups is 3. The zero-order chi connectivity index (χ0) is 9.72. The molecule has 0 heterocycles. The number of halogens is 2. The molecule has 0 aromatic heterocycles. The van der Waals surface area contributed by atoms with E-state index in [2.05, 4.69) is 0 Å². The number of carbonyl (C=O) groups excluding carboxylic acids is 3. The highest BCUT2D eigenvalue weighted by atomic mass is 19.1. The molecule has 0 unspecified atom stereocenters. The summed E-state index contributed by atoms with van der Waals surface area (Å²) in [6.07, 6.45) is 0. The molecule has 0 aliphatic carbocycles. The lowest BCUT2D eigenvalue weighted by Crippen LogP contribution is -2.32. The Labute approximate surface area is 67.7 Å². The van der Waals surface area contributed by atoms with Crippen molar-refractivity contribution in [2.24, 2.45) is 5.92 Å². The van der Waals surface area contributed by atoms with Gasteiger partial charge in [0.15, 0.2) is 11.6 Å². The molecular weight excluding hydrogens is 170 g/mol. The van der Waals surface area contributed by atoms with Crippen LogP contribution in [0.3, 0.4) is 0 Å². The number of hydrogen-bond donors (Lipinski definition) is 0. The molecule has 68 valence electrons. The Bertz CT molecular complexity index is 197. The van der Waals surface area contributed by atoms with Crippen LogP contribution in [0.1, 0.15) is 6.92 Å². The van der Waals surface area contributed by atoms with Gasteiger partial charge in [0.25, 0.3) is 0 Å². The lowest BCUT2D eigenvalue weighted by molar-refractivity contribution is -0.140. The minimum atomic E-state index is -1.75. The fraction of sp³-hybridized carbons (Fsp3) is 0.571. The van der Waals surface area contributed by atoms with E-state index in [1.54, 1.807) is 0 Å². The smallest absolute Gasteiger partial charge is 0.181 e. The zero-order valence-corrected chi connectivity index (χ0v) is 6.47. The van der Waals surface area contributed by atoms with Crippen LogP contribution in [0, 0.1) is 5.92 Å². The van der Waals surface area contributed by atoms with Gasteiger partial charge in [0.05, 0.1) is 0 Å². The number of ketones is 3. The Morgan fingerprint density at radius 1 is 1.08 bits per heavy atom. The van der Waals surface area contributed by atoms with Gasteiger partial charge in [0.2, 0.25) is 0 Å². The third kappa shape index (κ3) is 2.48. The monoisotopic (exact) mass is 178 g/mol. The van der Waals surface area contributed by atoms with Crippen LogP contribution in [0.5, 0.6) is 0 Å². The first kappa shape index (κ1) is 10.9. The molecule has 0 saturated heterocycles. The van der Waals surface area contributed by atoms with Crippen LogP contribution in [0.25, 0.3) is 0 Å². The van der Waals surface area contributed by atoms with Crippen molar-refractivity contribution in [1.82, 2.24) is 0 Å². The Hall–Kier alpha value is -1.13. The molecule has 0 N–H and O–H groups in total. The third-order valence-corrected chi connectivity index (χ3v) is 1.31. The lowest BCUT2D eigenvalue weighted by Gasteiger charge is -2.05. The van der Waals surface area contributed by atoms with Gasteiger partial charge in [-0.3, -0.25) is 14.4 Å². The van der Waals surface area contributed by atoms with E-state index >= 15 is 0 Å². The molecule has 0 aromatic carbocycles. The van der Waals surface area contributed by atoms with Crippen molar-refractivity contribution in [2.75, 3.05) is 13.3 Å². The highest BCUT2D eigenvalue weighted by Gasteiger charge is 2.30. The minimum Gasteiger partial charge on any atom is -0.299 e. The van der Waals surface area contributed by atoms with Crippen LogP contribution in [0.15, 0.2) is 0 Å². The van der Waals surface area contributed by atoms with Crippen LogP contribution in [0.2, 0.25) is 0 Å². The molecular formula is C7H8F2O3. The van der Waals surface area contributed by atoms with E-state index in [-0.39, 0.29) is 0 Å². The first-order valence-corrected chi connectivity index (χ1v) is 3.22. The molecule has 12 heavy (non-hydrogen) atoms. The summed E-state index contributed by atoms with van der Waals surface area (Å²) in [5.74, 6) is -4.92. The molecule has 3 nitrogen and oxygen atoms in total. The van der Waals surface area contributed by atoms with Gasteiger partial charge < -0.3 is 0 Å². The first-order valence-electron chi connectivity index (χ1n) is 3.22. The predicted octanol–water partition coefficient (Wildman–Crippen LogP) is 0.269. The third-order valence-electron chi connectivity index (χ3n) is 1.31. The van der Waals surface area contributed by atoms with Crippen molar-refractivity contribution in [3.05, 3.63) is 0 Å². The van der Waals surface area contributed by atoms with Gasteiger partial charge in [-0.25, -0.2) is 8.78 Å². The van der Waals surface area contributed by atoms with Gasteiger partial charge in [-0.1, -0.05) is 0 Å². The summed E-state index contributed by atoms with van der Waals surface area (Å²) in [5.41, 5.74) is 0. The maximum absolute atomic E-state index is 11.7. The number of alkyl halides is 2. The van der Waals surface area contributed by atoms with Gasteiger partial charge in [-0.15, -0.1) is 0 Å². The van der Waals surface area contributed by atoms with Gasteiger partial charge in [-0.2, -0.15) is 0 Å². The normalized spacial score (nSPS) is 10.0. The van der Waals surface area contributed by atoms with E-state index in [4.69, 9.17) is 0 Å². The van der Waals surface area contributed by atoms with Gasteiger partial charge in [0, 0.05) is 0 Å². The average Bonchev–Trinajstić information content (AvgIpc) is 2.03. The van der Waals surface area contributed by atoms with Crippen LogP contribution >= 0.6 is 0 Å². The zero-order valence-electron chi connectivity index (χ0n) is 6.47. The van der Waals surface area contributed by atoms with Crippen LogP contribution in [-0.2, 0) is 14.4 Å². The largest absolute Gasteiger partial charge is 0.299 e. The van der Waals surface area contributed by atoms with Crippen LogP contribution in [0.4, 0.5) is 8.78 Å². The maximum atomic E-state index is 11.7. The maximum Gasteiger partial charge on any atom is 0.181 e. The number of Topliss-reactive ketones (excluding diaryl/α,β-unsaturated/α-hetero) is 3. The summed E-state index contributed by atoms with van der Waals surface area (Å²) < 4.78 is 23.4. The summed E-state index contributed by atoms with van der Waals surface area (Å²) in [7, 11) is 0. The molecule has 0 aliphatic rings. The Kier molecular flexibility index (Phi) is 4.25. The molecule has 0 atom stereocenters. The molecule has 0 bridgehead atoms. The molecule has 0 amide bonds. The molecule has 0 spiro atoms. The van der Waals surface area contributed by atoms with Gasteiger partial charge in [0.1, 0.15) is 25.1 Å². The fourth-order valence-electron chi connectivity index (χ4n) is 0.787. The van der Waals surface area contributed by atoms with Crippen LogP contribution < -0.4 is 0 Å². The summed E-state index contributed by atoms with van der Waals surface area (Å²) in [6, 6.07) is 0. The van der Waals surface area contributed by atoms with Gasteiger partial charge >= 0.3 is 0 Å². The molecule has 0 aromatic rings. The number of hydrogen-bond acceptors (Lipinski definition) is 3. The van der Waals surface area contributed by atoms with Crippen molar-refractivity contribution in [1.29, 1.82) is 0 Å². The first-order chi connectivity index (χ1) is 5.54. The predicted molar refractivity (Wildman–Crippen MR) is 36.1 cm³/mol. The molecule has 5 heteroatoms. The SMILES string of the molecule is CC(=O)C(C(=O)CF)C(=O)CF. The Morgan fingerprint density at radius 2 is 1.42 bits per heavy atom. The highest BCUT2D eigenvalue weighted by molar-refractivity contribution is 6.19. The highest BCUT2D eigenvalue weighted by Crippen LogP contribution is 2.03. The molecule has 0 saturated carbocycles. The Morgan fingerprint density at radius 3 is 1.58 bits per heavy atom. The van der Waals surface area contributed by atoms with Gasteiger partial charge in [-0.05, 0) is 6.92 Å². The summed E-state index contributed by atoms with van der Waals surface area (Å²) >= 11 is 0. The standard InChI is InChI=1S/C7H8F2O3/c1-4(10)7(5(11)2-8)6(12)3-9/h7H,2-3H2,1H3. The molecule has 0 rings (SSSR count). The fourth-order valence-corrected chi connectivity index (χ4v) is 0.787. The van der Waals surface area contributed by atoms with E-state index in [1.807, 2.05) is 0 Å². The van der Waals surface area contributed by atoms with Crippen molar-refractivity contribution in [3.8, 4) is 0 Å². The van der Waals surface area contributed by atoms with E-state index < -0.39 is 36.6 Å². The van der Waals surface area contributed by atoms with Crippen LogP contribution in [-0.4, -0.2) is 30.7 Å². The average molecular weight is 178 g/mol. The second-order valence-corrected chi connectivity index (χ2v) is 2.24. The Balaban J connectivity index is 4.55. The lowest BCUT2D eigenvalue weighted by atomic mass is 9.96. The van der Waals surface area contributed by atoms with Crippen molar-refractivity contribution in [3.63, 3.8) is 0 Å². The second kappa shape index (κ2) is 4.69. The van der Waals surface area contributed by atoms with E-state index in [9.17, 15) is 23.2 Å². The van der Waals surface area contributed by atoms with E-state index in [0.29, 0.717) is 0 Å². The summed E-state index contributed by atoms with van der Waals surface area (Å²) in [4.78, 5) is 31.7. The second-order valence-electron chi connectivity index (χ2n) is 2.24.